The fourth-order valence-corrected chi connectivity index (χ4v) is 5.66. The lowest BCUT2D eigenvalue weighted by molar-refractivity contribution is -0.275. The number of alkyl halides is 3. The molecule has 3 aliphatic rings. The number of carbonyl (C=O) groups is 1. The van der Waals surface area contributed by atoms with E-state index in [1.165, 1.54) is 24.4 Å². The monoisotopic (exact) mass is 551 g/mol. The molecule has 5 rings (SSSR count). The summed E-state index contributed by atoms with van der Waals surface area (Å²) in [6.45, 7) is 0.493. The average molecular weight is 552 g/mol. The standard InChI is InChI=1S/C25H22Cl2F3N5O2/c26-18-7-17(8-19(27)9-18)24(25(28,29)30)10-21(34-37-24)35-12-15-6-20(32-11-16(15)13-35)22(36)33-23(14-31)4-2-1-3-5-23/h6-9,11H,1-5,10,12-13H2,(H,33,36). The smallest absolute Gasteiger partial charge is 0.372 e. The SMILES string of the molecule is N#CC1(NC(=O)c2cc3c(cn2)CN(C2=NOC(c4cc(Cl)cc(Cl)c4)(C(F)(F)F)C2)C3)CCCCC1. The summed E-state index contributed by atoms with van der Waals surface area (Å²) >= 11 is 11.9. The Morgan fingerprint density at radius 2 is 1.76 bits per heavy atom. The molecule has 37 heavy (non-hydrogen) atoms. The van der Waals surface area contributed by atoms with E-state index < -0.39 is 29.6 Å². The van der Waals surface area contributed by atoms with Gasteiger partial charge in [-0.1, -0.05) is 47.6 Å². The van der Waals surface area contributed by atoms with Crippen LogP contribution in [0.5, 0.6) is 0 Å². The number of nitrogens with zero attached hydrogens (tertiary/aromatic N) is 4. The van der Waals surface area contributed by atoms with Crippen LogP contribution in [0.2, 0.25) is 10.0 Å². The first kappa shape index (κ1) is 25.6. The molecule has 1 atom stereocenters. The lowest BCUT2D eigenvalue weighted by Crippen LogP contribution is -2.48. The van der Waals surface area contributed by atoms with Crippen LogP contribution < -0.4 is 5.32 Å². The largest absolute Gasteiger partial charge is 0.435 e. The number of carbonyl (C=O) groups excluding carboxylic acids is 1. The van der Waals surface area contributed by atoms with Crippen molar-refractivity contribution in [1.29, 1.82) is 5.26 Å². The highest BCUT2D eigenvalue weighted by Gasteiger charge is 2.63. The first-order chi connectivity index (χ1) is 17.5. The first-order valence-corrected chi connectivity index (χ1v) is 12.5. The van der Waals surface area contributed by atoms with Crippen molar-refractivity contribution < 1.29 is 22.8 Å². The molecule has 1 aliphatic carbocycles. The highest BCUT2D eigenvalue weighted by Crippen LogP contribution is 2.49. The molecule has 1 saturated carbocycles. The molecule has 194 valence electrons. The van der Waals surface area contributed by atoms with Crippen molar-refractivity contribution in [3.8, 4) is 6.07 Å². The normalized spacial score (nSPS) is 22.6. The van der Waals surface area contributed by atoms with Gasteiger partial charge >= 0.3 is 6.18 Å². The van der Waals surface area contributed by atoms with Gasteiger partial charge in [-0.2, -0.15) is 18.4 Å². The molecule has 7 nitrogen and oxygen atoms in total. The maximum Gasteiger partial charge on any atom is 0.435 e. The Labute approximate surface area is 221 Å². The van der Waals surface area contributed by atoms with Crippen molar-refractivity contribution >= 4 is 34.9 Å². The van der Waals surface area contributed by atoms with Gasteiger partial charge in [-0.3, -0.25) is 9.78 Å². The zero-order valence-corrected chi connectivity index (χ0v) is 21.1. The number of benzene rings is 1. The van der Waals surface area contributed by atoms with Gasteiger partial charge in [0, 0.05) is 34.9 Å². The van der Waals surface area contributed by atoms with E-state index in [-0.39, 0.29) is 40.2 Å². The van der Waals surface area contributed by atoms with Crippen LogP contribution in [0.25, 0.3) is 0 Å². The molecule has 1 unspecified atom stereocenters. The number of oxime groups is 1. The summed E-state index contributed by atoms with van der Waals surface area (Å²) < 4.78 is 42.9. The summed E-state index contributed by atoms with van der Waals surface area (Å²) in [5.41, 5.74) is -2.19. The third-order valence-electron chi connectivity index (χ3n) is 7.18. The Hall–Kier alpha value is -3.03. The summed E-state index contributed by atoms with van der Waals surface area (Å²) in [7, 11) is 0. The van der Waals surface area contributed by atoms with Crippen LogP contribution in [-0.2, 0) is 23.5 Å². The lowest BCUT2D eigenvalue weighted by atomic mass is 9.83. The van der Waals surface area contributed by atoms with Crippen LogP contribution in [0.1, 0.15) is 65.7 Å². The molecule has 0 saturated heterocycles. The molecule has 1 amide bonds. The van der Waals surface area contributed by atoms with Crippen LogP contribution in [0.4, 0.5) is 13.2 Å². The number of halogens is 5. The van der Waals surface area contributed by atoms with Crippen molar-refractivity contribution in [2.75, 3.05) is 0 Å². The molecule has 1 fully saturated rings. The third kappa shape index (κ3) is 4.71. The Kier molecular flexibility index (Phi) is 6.49. The number of nitriles is 1. The second kappa shape index (κ2) is 9.37. The van der Waals surface area contributed by atoms with Crippen molar-refractivity contribution in [3.05, 3.63) is 62.9 Å². The van der Waals surface area contributed by atoms with E-state index in [0.29, 0.717) is 12.8 Å². The highest BCUT2D eigenvalue weighted by molar-refractivity contribution is 6.34. The van der Waals surface area contributed by atoms with Crippen LogP contribution in [0.15, 0.2) is 35.6 Å². The van der Waals surface area contributed by atoms with Crippen molar-refractivity contribution in [3.63, 3.8) is 0 Å². The molecule has 1 aromatic carbocycles. The Balaban J connectivity index is 1.33. The molecular weight excluding hydrogens is 530 g/mol. The Morgan fingerprint density at radius 1 is 1.08 bits per heavy atom. The fraction of sp³-hybridized carbons (Fsp3) is 0.440. The molecule has 3 heterocycles. The fourth-order valence-electron chi connectivity index (χ4n) is 5.13. The Bertz CT molecular complexity index is 1300. The minimum atomic E-state index is -4.79. The molecule has 0 bridgehead atoms. The number of nitrogens with one attached hydrogen (secondary N) is 1. The number of fused-ring (bicyclic) bond motifs is 1. The number of hydrogen-bond acceptors (Lipinski definition) is 6. The predicted octanol–water partition coefficient (Wildman–Crippen LogP) is 5.85. The minimum Gasteiger partial charge on any atom is -0.372 e. The van der Waals surface area contributed by atoms with Gasteiger partial charge in [0.15, 0.2) is 0 Å². The summed E-state index contributed by atoms with van der Waals surface area (Å²) in [5.74, 6) is -0.332. The van der Waals surface area contributed by atoms with E-state index in [4.69, 9.17) is 28.0 Å². The van der Waals surface area contributed by atoms with Crippen molar-refractivity contribution in [2.45, 2.75) is 68.9 Å². The summed E-state index contributed by atoms with van der Waals surface area (Å²) in [6.07, 6.45) is 0.123. The average Bonchev–Trinajstić information content (AvgIpc) is 3.49. The number of amidine groups is 1. The number of aromatic nitrogens is 1. The molecule has 12 heteroatoms. The van der Waals surface area contributed by atoms with Crippen LogP contribution in [0.3, 0.4) is 0 Å². The summed E-state index contributed by atoms with van der Waals surface area (Å²) in [4.78, 5) is 23.9. The van der Waals surface area contributed by atoms with Crippen molar-refractivity contribution in [2.24, 2.45) is 5.16 Å². The van der Waals surface area contributed by atoms with E-state index in [9.17, 15) is 23.2 Å². The van der Waals surface area contributed by atoms with E-state index in [1.54, 1.807) is 11.0 Å². The molecule has 0 radical (unpaired) electrons. The maximum absolute atomic E-state index is 14.3. The zero-order valence-electron chi connectivity index (χ0n) is 19.5. The number of rotatable bonds is 3. The van der Waals surface area contributed by atoms with Crippen LogP contribution in [0, 0.1) is 11.3 Å². The molecule has 0 spiro atoms. The van der Waals surface area contributed by atoms with Crippen molar-refractivity contribution in [1.82, 2.24) is 15.2 Å². The number of amides is 1. The highest BCUT2D eigenvalue weighted by atomic mass is 35.5. The quantitative estimate of drug-likeness (QED) is 0.516. The molecule has 1 N–H and O–H groups in total. The molecular formula is C25H22Cl2F3N5O2. The first-order valence-electron chi connectivity index (χ1n) is 11.8. The van der Waals surface area contributed by atoms with E-state index in [2.05, 4.69) is 21.5 Å². The maximum atomic E-state index is 14.3. The van der Waals surface area contributed by atoms with Gasteiger partial charge in [-0.15, -0.1) is 0 Å². The van der Waals surface area contributed by atoms with E-state index in [1.807, 2.05) is 0 Å². The van der Waals surface area contributed by atoms with Gasteiger partial charge in [-0.05, 0) is 48.2 Å². The van der Waals surface area contributed by atoms with Gasteiger partial charge in [-0.25, -0.2) is 0 Å². The minimum absolute atomic E-state index is 0.0556. The predicted molar refractivity (Wildman–Crippen MR) is 130 cm³/mol. The second-order valence-electron chi connectivity index (χ2n) is 9.66. The molecule has 2 aliphatic heterocycles. The summed E-state index contributed by atoms with van der Waals surface area (Å²) in [6, 6.07) is 7.56. The van der Waals surface area contributed by atoms with Crippen LogP contribution in [-0.4, -0.2) is 33.3 Å². The van der Waals surface area contributed by atoms with Gasteiger partial charge < -0.3 is 15.1 Å². The molecule has 1 aromatic heterocycles. The van der Waals surface area contributed by atoms with Gasteiger partial charge in [0.2, 0.25) is 0 Å². The summed E-state index contributed by atoms with van der Waals surface area (Å²) in [5, 5.41) is 16.4. The number of hydrogen-bond donors (Lipinski definition) is 1. The van der Waals surface area contributed by atoms with E-state index in [0.717, 1.165) is 30.4 Å². The van der Waals surface area contributed by atoms with Crippen LogP contribution >= 0.6 is 23.2 Å². The Morgan fingerprint density at radius 3 is 2.41 bits per heavy atom. The lowest BCUT2D eigenvalue weighted by Gasteiger charge is -2.31. The topological polar surface area (TPSA) is 90.6 Å². The second-order valence-corrected chi connectivity index (χ2v) is 10.5. The van der Waals surface area contributed by atoms with Gasteiger partial charge in [0.25, 0.3) is 11.5 Å². The number of pyridine rings is 1. The van der Waals surface area contributed by atoms with E-state index >= 15 is 0 Å². The van der Waals surface area contributed by atoms with Gasteiger partial charge in [0.1, 0.15) is 17.1 Å². The van der Waals surface area contributed by atoms with Gasteiger partial charge in [0.05, 0.1) is 12.5 Å². The molecule has 2 aromatic rings. The third-order valence-corrected chi connectivity index (χ3v) is 7.61. The zero-order chi connectivity index (χ0) is 26.4.